The fourth-order valence-electron chi connectivity index (χ4n) is 11.0. The van der Waals surface area contributed by atoms with E-state index in [1.54, 1.807) is 0 Å². The van der Waals surface area contributed by atoms with Crippen LogP contribution in [0.3, 0.4) is 0 Å². The molecule has 9 aromatic rings. The molecule has 0 fully saturated rings. The van der Waals surface area contributed by atoms with Crippen LogP contribution in [0, 0.1) is 0 Å². The summed E-state index contributed by atoms with van der Waals surface area (Å²) >= 11 is 0. The fourth-order valence-corrected chi connectivity index (χ4v) is 11.0. The van der Waals surface area contributed by atoms with Gasteiger partial charge < -0.3 is 0 Å². The molecule has 0 heteroatoms. The first-order valence-corrected chi connectivity index (χ1v) is 20.4. The molecule has 11 rings (SSSR count). The van der Waals surface area contributed by atoms with Crippen LogP contribution in [-0.4, -0.2) is 0 Å². The summed E-state index contributed by atoms with van der Waals surface area (Å²) in [6.45, 7) is 14.4. The predicted octanol–water partition coefficient (Wildman–Crippen LogP) is 15.4. The van der Waals surface area contributed by atoms with Crippen LogP contribution >= 0.6 is 0 Å². The van der Waals surface area contributed by atoms with Crippen molar-refractivity contribution in [3.63, 3.8) is 0 Å². The molecule has 0 amide bonds. The first-order chi connectivity index (χ1) is 27.1. The molecule has 56 heavy (non-hydrogen) atoms. The summed E-state index contributed by atoms with van der Waals surface area (Å²) < 4.78 is 0. The largest absolute Gasteiger partial charge is 0.0619 e. The summed E-state index contributed by atoms with van der Waals surface area (Å²) in [6.07, 6.45) is 1.90. The normalized spacial score (nSPS) is 13.4. The Balaban J connectivity index is 1.39. The third kappa shape index (κ3) is 4.65. The number of hydrogen-bond acceptors (Lipinski definition) is 0. The van der Waals surface area contributed by atoms with Crippen LogP contribution in [0.1, 0.15) is 74.9 Å². The predicted molar refractivity (Wildman–Crippen MR) is 241 cm³/mol. The van der Waals surface area contributed by atoms with Gasteiger partial charge in [0, 0.05) is 0 Å². The molecule has 0 saturated carbocycles. The SMILES string of the molecule is CC(C)(C)c1c2c(c(-c3ccccc3-c3c4c(c(C(C)(C)C)c5ccc6ccccc6c35)Cc3ccccc3-4)c3c1ccc1ccccc13)-c1ccccc1C2. The van der Waals surface area contributed by atoms with Gasteiger partial charge in [0.1, 0.15) is 0 Å². The molecule has 0 N–H and O–H groups in total. The Hall–Kier alpha value is -5.98. The molecule has 2 aliphatic rings. The molecule has 0 spiro atoms. The second kappa shape index (κ2) is 11.8. The maximum absolute atomic E-state index is 2.44. The monoisotopic (exact) mass is 718 g/mol. The van der Waals surface area contributed by atoms with Crippen LogP contribution in [0.25, 0.3) is 87.6 Å². The lowest BCUT2D eigenvalue weighted by atomic mass is 9.73. The second-order valence-corrected chi connectivity index (χ2v) is 18.3. The third-order valence-corrected chi connectivity index (χ3v) is 12.9. The van der Waals surface area contributed by atoms with Crippen LogP contribution in [0.2, 0.25) is 0 Å². The van der Waals surface area contributed by atoms with Crippen LogP contribution in [0.4, 0.5) is 0 Å². The average Bonchev–Trinajstić information content (AvgIpc) is 3.76. The van der Waals surface area contributed by atoms with Crippen molar-refractivity contribution in [3.05, 3.63) is 179 Å². The molecule has 0 nitrogen and oxygen atoms in total. The maximum Gasteiger partial charge on any atom is -0.00101 e. The van der Waals surface area contributed by atoms with Crippen molar-refractivity contribution in [2.75, 3.05) is 0 Å². The van der Waals surface area contributed by atoms with E-state index < -0.39 is 0 Å². The third-order valence-electron chi connectivity index (χ3n) is 12.9. The van der Waals surface area contributed by atoms with E-state index in [0.29, 0.717) is 0 Å². The van der Waals surface area contributed by atoms with E-state index in [-0.39, 0.29) is 10.8 Å². The van der Waals surface area contributed by atoms with E-state index in [0.717, 1.165) is 12.8 Å². The van der Waals surface area contributed by atoms with Gasteiger partial charge in [-0.05, 0) is 145 Å². The molecule has 270 valence electrons. The Labute approximate surface area is 330 Å². The van der Waals surface area contributed by atoms with Crippen molar-refractivity contribution in [3.8, 4) is 44.5 Å². The molecule has 0 heterocycles. The number of benzene rings is 9. The van der Waals surface area contributed by atoms with Crippen molar-refractivity contribution in [2.45, 2.75) is 65.2 Å². The molecule has 0 unspecified atom stereocenters. The van der Waals surface area contributed by atoms with E-state index in [9.17, 15) is 0 Å². The van der Waals surface area contributed by atoms with Crippen LogP contribution in [0.15, 0.2) is 146 Å². The summed E-state index contributed by atoms with van der Waals surface area (Å²) in [5.74, 6) is 0. The molecule has 0 saturated heterocycles. The topological polar surface area (TPSA) is 0 Å². The summed E-state index contributed by atoms with van der Waals surface area (Å²) in [7, 11) is 0. The quantitative estimate of drug-likeness (QED) is 0.156. The zero-order chi connectivity index (χ0) is 38.1. The Kier molecular flexibility index (Phi) is 7.01. The van der Waals surface area contributed by atoms with Gasteiger partial charge in [0.15, 0.2) is 0 Å². The van der Waals surface area contributed by atoms with Crippen molar-refractivity contribution < 1.29 is 0 Å². The molecule has 0 atom stereocenters. The van der Waals surface area contributed by atoms with Crippen molar-refractivity contribution >= 4 is 43.1 Å². The van der Waals surface area contributed by atoms with Crippen molar-refractivity contribution in [1.82, 2.24) is 0 Å². The number of hydrogen-bond donors (Lipinski definition) is 0. The minimum Gasteiger partial charge on any atom is -0.0619 e. The van der Waals surface area contributed by atoms with Crippen LogP contribution in [-0.2, 0) is 23.7 Å². The van der Waals surface area contributed by atoms with Gasteiger partial charge in [0.05, 0.1) is 0 Å². The lowest BCUT2D eigenvalue weighted by Crippen LogP contribution is -2.16. The van der Waals surface area contributed by atoms with Gasteiger partial charge in [0.2, 0.25) is 0 Å². The van der Waals surface area contributed by atoms with Gasteiger partial charge in [-0.3, -0.25) is 0 Å². The smallest absolute Gasteiger partial charge is 0.00101 e. The highest BCUT2D eigenvalue weighted by Gasteiger charge is 2.36. The first kappa shape index (κ1) is 33.4. The highest BCUT2D eigenvalue weighted by Crippen LogP contribution is 2.58. The molecule has 0 aromatic heterocycles. The first-order valence-electron chi connectivity index (χ1n) is 20.4. The van der Waals surface area contributed by atoms with Gasteiger partial charge in [-0.1, -0.05) is 187 Å². The lowest BCUT2D eigenvalue weighted by molar-refractivity contribution is 0.590. The van der Waals surface area contributed by atoms with Crippen LogP contribution in [0.5, 0.6) is 0 Å². The van der Waals surface area contributed by atoms with Crippen molar-refractivity contribution in [1.29, 1.82) is 0 Å². The summed E-state index contributed by atoms with van der Waals surface area (Å²) in [6, 6.07) is 55.5. The summed E-state index contributed by atoms with van der Waals surface area (Å²) in [5.41, 5.74) is 19.6. The summed E-state index contributed by atoms with van der Waals surface area (Å²) in [4.78, 5) is 0. The zero-order valence-corrected chi connectivity index (χ0v) is 33.3. The molecule has 0 radical (unpaired) electrons. The van der Waals surface area contributed by atoms with Gasteiger partial charge in [-0.15, -0.1) is 0 Å². The standard InChI is InChI=1S/C56H46/c1-55(2,3)53-43-29-27-33-17-7-11-21-37(33)47(43)51(49-39-23-13-9-19-35(39)31-45(49)53)41-25-15-16-26-42(41)52-48-38-22-12-8-18-34(38)28-30-44(48)54(56(4,5)6)46-32-36-20-10-14-24-40(36)50(46)52/h7-30H,31-32H2,1-6H3. The highest BCUT2D eigenvalue weighted by molar-refractivity contribution is 6.25. The fraction of sp³-hybridized carbons (Fsp3) is 0.179. The van der Waals surface area contributed by atoms with Gasteiger partial charge in [0.25, 0.3) is 0 Å². The van der Waals surface area contributed by atoms with Gasteiger partial charge in [-0.25, -0.2) is 0 Å². The van der Waals surface area contributed by atoms with Crippen molar-refractivity contribution in [2.24, 2.45) is 0 Å². The molecular weight excluding hydrogens is 673 g/mol. The van der Waals surface area contributed by atoms with Crippen LogP contribution < -0.4 is 0 Å². The molecule has 0 bridgehead atoms. The highest BCUT2D eigenvalue weighted by atomic mass is 14.4. The molecule has 0 aliphatic heterocycles. The lowest BCUT2D eigenvalue weighted by Gasteiger charge is -2.30. The molecule has 9 aromatic carbocycles. The maximum atomic E-state index is 2.44. The minimum absolute atomic E-state index is 0.0483. The van der Waals surface area contributed by atoms with E-state index in [4.69, 9.17) is 0 Å². The van der Waals surface area contributed by atoms with E-state index in [1.165, 1.54) is 121 Å². The Bertz CT molecular complexity index is 2920. The van der Waals surface area contributed by atoms with E-state index in [1.807, 2.05) is 0 Å². The number of fused-ring (bicyclic) bond motifs is 12. The van der Waals surface area contributed by atoms with Gasteiger partial charge in [-0.2, -0.15) is 0 Å². The second-order valence-electron chi connectivity index (χ2n) is 18.3. The number of rotatable bonds is 2. The zero-order valence-electron chi connectivity index (χ0n) is 33.3. The average molecular weight is 719 g/mol. The summed E-state index contributed by atoms with van der Waals surface area (Å²) in [5, 5.41) is 10.7. The Morgan fingerprint density at radius 1 is 0.321 bits per heavy atom. The Morgan fingerprint density at radius 3 is 1.09 bits per heavy atom. The van der Waals surface area contributed by atoms with Gasteiger partial charge >= 0.3 is 0 Å². The molecule has 2 aliphatic carbocycles. The van der Waals surface area contributed by atoms with E-state index in [2.05, 4.69) is 187 Å². The molecular formula is C56H46. The van der Waals surface area contributed by atoms with E-state index >= 15 is 0 Å². The Morgan fingerprint density at radius 2 is 0.679 bits per heavy atom. The minimum atomic E-state index is -0.0483.